The fourth-order valence-corrected chi connectivity index (χ4v) is 3.11. The second-order valence-electron chi connectivity index (χ2n) is 4.48. The highest BCUT2D eigenvalue weighted by Crippen LogP contribution is 2.30. The van der Waals surface area contributed by atoms with Crippen molar-refractivity contribution in [2.45, 2.75) is 19.9 Å². The molecular weight excluding hydrogens is 263 g/mol. The zero-order valence-electron chi connectivity index (χ0n) is 10.7. The van der Waals surface area contributed by atoms with Gasteiger partial charge < -0.3 is 10.2 Å². The van der Waals surface area contributed by atoms with Crippen molar-refractivity contribution in [2.24, 2.45) is 0 Å². The molecular formula is C13H15FN4S. The van der Waals surface area contributed by atoms with E-state index in [9.17, 15) is 4.39 Å². The SMILES string of the molecule is CCNc1nnc(CN2CCc3ccc(F)cc32)s1. The van der Waals surface area contributed by atoms with Crippen molar-refractivity contribution in [2.75, 3.05) is 23.3 Å². The van der Waals surface area contributed by atoms with Crippen LogP contribution in [0.1, 0.15) is 17.5 Å². The molecule has 0 unspecified atom stereocenters. The Morgan fingerprint density at radius 3 is 3.16 bits per heavy atom. The van der Waals surface area contributed by atoms with Crippen LogP contribution in [0.4, 0.5) is 15.2 Å². The van der Waals surface area contributed by atoms with Crippen LogP contribution >= 0.6 is 11.3 Å². The average molecular weight is 278 g/mol. The number of nitrogens with zero attached hydrogens (tertiary/aromatic N) is 3. The van der Waals surface area contributed by atoms with Crippen molar-refractivity contribution in [3.63, 3.8) is 0 Å². The fourth-order valence-electron chi connectivity index (χ4n) is 2.29. The van der Waals surface area contributed by atoms with E-state index < -0.39 is 0 Å². The van der Waals surface area contributed by atoms with Gasteiger partial charge in [0.05, 0.1) is 6.54 Å². The zero-order chi connectivity index (χ0) is 13.2. The van der Waals surface area contributed by atoms with Crippen molar-refractivity contribution in [1.29, 1.82) is 0 Å². The maximum Gasteiger partial charge on any atom is 0.205 e. The summed E-state index contributed by atoms with van der Waals surface area (Å²) in [5.74, 6) is -0.184. The van der Waals surface area contributed by atoms with Gasteiger partial charge >= 0.3 is 0 Å². The van der Waals surface area contributed by atoms with E-state index in [1.165, 1.54) is 11.6 Å². The lowest BCUT2D eigenvalue weighted by Crippen LogP contribution is -2.19. The van der Waals surface area contributed by atoms with Crippen LogP contribution in [0.2, 0.25) is 0 Å². The first-order valence-electron chi connectivity index (χ1n) is 6.36. The number of aromatic nitrogens is 2. The highest BCUT2D eigenvalue weighted by Gasteiger charge is 2.20. The van der Waals surface area contributed by atoms with Crippen molar-refractivity contribution < 1.29 is 4.39 Å². The number of halogens is 1. The van der Waals surface area contributed by atoms with Crippen LogP contribution in [0.3, 0.4) is 0 Å². The number of hydrogen-bond acceptors (Lipinski definition) is 5. The van der Waals surface area contributed by atoms with E-state index in [1.54, 1.807) is 17.4 Å². The molecule has 2 aromatic rings. The third kappa shape index (κ3) is 2.53. The molecule has 0 saturated carbocycles. The third-order valence-corrected chi connectivity index (χ3v) is 4.03. The van der Waals surface area contributed by atoms with Gasteiger partial charge in [-0.05, 0) is 31.0 Å². The molecule has 19 heavy (non-hydrogen) atoms. The molecule has 0 atom stereocenters. The zero-order valence-corrected chi connectivity index (χ0v) is 11.5. The Labute approximate surface area is 115 Å². The highest BCUT2D eigenvalue weighted by atomic mass is 32.1. The number of fused-ring (bicyclic) bond motifs is 1. The Kier molecular flexibility index (Phi) is 3.33. The van der Waals surface area contributed by atoms with E-state index in [4.69, 9.17) is 0 Å². The molecule has 1 aromatic carbocycles. The number of nitrogens with one attached hydrogen (secondary N) is 1. The van der Waals surface area contributed by atoms with Gasteiger partial charge in [0, 0.05) is 18.8 Å². The average Bonchev–Trinajstić information content (AvgIpc) is 2.98. The normalized spacial score (nSPS) is 13.7. The molecule has 0 aliphatic carbocycles. The maximum atomic E-state index is 13.3. The van der Waals surface area contributed by atoms with E-state index in [0.717, 1.165) is 35.3 Å². The standard InChI is InChI=1S/C13H15FN4S/c1-2-15-13-17-16-12(19-13)8-18-6-5-9-3-4-10(14)7-11(9)18/h3-4,7H,2,5-6,8H2,1H3,(H,15,17). The van der Waals surface area contributed by atoms with Gasteiger partial charge in [-0.25, -0.2) is 4.39 Å². The van der Waals surface area contributed by atoms with E-state index in [-0.39, 0.29) is 5.82 Å². The minimum absolute atomic E-state index is 0.184. The molecule has 0 bridgehead atoms. The lowest BCUT2D eigenvalue weighted by molar-refractivity contribution is 0.627. The van der Waals surface area contributed by atoms with Crippen molar-refractivity contribution in [3.05, 3.63) is 34.6 Å². The summed E-state index contributed by atoms with van der Waals surface area (Å²) in [6.45, 7) is 4.47. The van der Waals surface area contributed by atoms with Crippen LogP contribution in [0, 0.1) is 5.82 Å². The first kappa shape index (κ1) is 12.3. The Hall–Kier alpha value is -1.69. The van der Waals surface area contributed by atoms with E-state index >= 15 is 0 Å². The number of hydrogen-bond donors (Lipinski definition) is 1. The van der Waals surface area contributed by atoms with Crippen LogP contribution < -0.4 is 10.2 Å². The number of anilines is 2. The Bertz CT molecular complexity index is 584. The van der Waals surface area contributed by atoms with Crippen LogP contribution in [0.25, 0.3) is 0 Å². The quantitative estimate of drug-likeness (QED) is 0.933. The molecule has 0 spiro atoms. The summed E-state index contributed by atoms with van der Waals surface area (Å²) in [6, 6.07) is 5.00. The smallest absolute Gasteiger partial charge is 0.205 e. The van der Waals surface area contributed by atoms with Gasteiger partial charge in [-0.3, -0.25) is 0 Å². The molecule has 2 heterocycles. The number of benzene rings is 1. The summed E-state index contributed by atoms with van der Waals surface area (Å²) >= 11 is 1.55. The first-order valence-corrected chi connectivity index (χ1v) is 7.17. The second kappa shape index (κ2) is 5.13. The predicted octanol–water partition coefficient (Wildman–Crippen LogP) is 2.67. The fraction of sp³-hybridized carbons (Fsp3) is 0.385. The van der Waals surface area contributed by atoms with Gasteiger partial charge in [-0.2, -0.15) is 0 Å². The molecule has 1 aliphatic heterocycles. The second-order valence-corrected chi connectivity index (χ2v) is 5.54. The molecule has 1 N–H and O–H groups in total. The number of rotatable bonds is 4. The van der Waals surface area contributed by atoms with E-state index in [0.29, 0.717) is 6.54 Å². The summed E-state index contributed by atoms with van der Waals surface area (Å²) in [4.78, 5) is 2.16. The van der Waals surface area contributed by atoms with Gasteiger partial charge in [0.1, 0.15) is 10.8 Å². The van der Waals surface area contributed by atoms with Gasteiger partial charge in [0.2, 0.25) is 5.13 Å². The Morgan fingerprint density at radius 2 is 2.32 bits per heavy atom. The van der Waals surface area contributed by atoms with Crippen molar-refractivity contribution in [1.82, 2.24) is 10.2 Å². The van der Waals surface area contributed by atoms with Crippen molar-refractivity contribution >= 4 is 22.2 Å². The topological polar surface area (TPSA) is 41.1 Å². The molecule has 0 radical (unpaired) electrons. The highest BCUT2D eigenvalue weighted by molar-refractivity contribution is 7.15. The summed E-state index contributed by atoms with van der Waals surface area (Å²) in [6.07, 6.45) is 0.967. The summed E-state index contributed by atoms with van der Waals surface area (Å²) in [5.41, 5.74) is 2.19. The van der Waals surface area contributed by atoms with Gasteiger partial charge in [0.15, 0.2) is 0 Å². The first-order chi connectivity index (χ1) is 9.26. The summed E-state index contributed by atoms with van der Waals surface area (Å²) < 4.78 is 13.3. The molecule has 1 aliphatic rings. The lowest BCUT2D eigenvalue weighted by atomic mass is 10.2. The molecule has 0 saturated heterocycles. The van der Waals surface area contributed by atoms with Gasteiger partial charge in [-0.1, -0.05) is 17.4 Å². The summed E-state index contributed by atoms with van der Waals surface area (Å²) in [7, 11) is 0. The predicted molar refractivity (Wildman–Crippen MR) is 75.2 cm³/mol. The minimum Gasteiger partial charge on any atom is -0.364 e. The molecule has 1 aromatic heterocycles. The van der Waals surface area contributed by atoms with Gasteiger partial charge in [0.25, 0.3) is 0 Å². The van der Waals surface area contributed by atoms with E-state index in [1.807, 2.05) is 13.0 Å². The lowest BCUT2D eigenvalue weighted by Gasteiger charge is -2.17. The monoisotopic (exact) mass is 278 g/mol. The molecule has 4 nitrogen and oxygen atoms in total. The molecule has 0 amide bonds. The van der Waals surface area contributed by atoms with Crippen LogP contribution in [0.5, 0.6) is 0 Å². The minimum atomic E-state index is -0.184. The van der Waals surface area contributed by atoms with Crippen LogP contribution in [-0.2, 0) is 13.0 Å². The molecule has 3 rings (SSSR count). The Morgan fingerprint density at radius 1 is 1.42 bits per heavy atom. The van der Waals surface area contributed by atoms with Gasteiger partial charge in [-0.15, -0.1) is 10.2 Å². The largest absolute Gasteiger partial charge is 0.364 e. The molecule has 0 fully saturated rings. The van der Waals surface area contributed by atoms with E-state index in [2.05, 4.69) is 20.4 Å². The third-order valence-electron chi connectivity index (χ3n) is 3.16. The summed E-state index contributed by atoms with van der Waals surface area (Å²) in [5, 5.41) is 13.2. The van der Waals surface area contributed by atoms with Crippen molar-refractivity contribution in [3.8, 4) is 0 Å². The Balaban J connectivity index is 1.76. The molecule has 100 valence electrons. The maximum absolute atomic E-state index is 13.3. The van der Waals surface area contributed by atoms with Crippen LogP contribution in [-0.4, -0.2) is 23.3 Å². The molecule has 6 heteroatoms. The van der Waals surface area contributed by atoms with Crippen LogP contribution in [0.15, 0.2) is 18.2 Å².